The van der Waals surface area contributed by atoms with Crippen LogP contribution in [-0.4, -0.2) is 31.7 Å². The minimum atomic E-state index is -3.91. The topological polar surface area (TPSA) is 57.7 Å². The van der Waals surface area contributed by atoms with Gasteiger partial charge in [0.15, 0.2) is 0 Å². The van der Waals surface area contributed by atoms with Crippen LogP contribution in [0.5, 0.6) is 0 Å². The zero-order chi connectivity index (χ0) is 22.0. The lowest BCUT2D eigenvalue weighted by Crippen LogP contribution is -2.42. The van der Waals surface area contributed by atoms with Gasteiger partial charge in [-0.3, -0.25) is 4.79 Å². The van der Waals surface area contributed by atoms with Gasteiger partial charge < -0.3 is 4.90 Å². The first-order valence-corrected chi connectivity index (χ1v) is 12.3. The fraction of sp³-hybridized carbons (Fsp3) is 0.174. The molecule has 1 aliphatic heterocycles. The van der Waals surface area contributed by atoms with Gasteiger partial charge in [0.05, 0.1) is 11.4 Å². The molecule has 0 saturated heterocycles. The number of carbonyl (C=O) groups excluding carboxylic acids is 1. The molecule has 0 fully saturated rings. The van der Waals surface area contributed by atoms with Crippen LogP contribution in [0.15, 0.2) is 82.2 Å². The molecule has 5 nitrogen and oxygen atoms in total. The van der Waals surface area contributed by atoms with E-state index in [1.807, 2.05) is 48.5 Å². The lowest BCUT2D eigenvalue weighted by Gasteiger charge is -2.25. The van der Waals surface area contributed by atoms with Crippen molar-refractivity contribution in [3.05, 3.63) is 93.4 Å². The Bertz CT molecular complexity index is 1200. The fourth-order valence-electron chi connectivity index (χ4n) is 3.63. The van der Waals surface area contributed by atoms with Crippen LogP contribution in [0.4, 0.5) is 5.69 Å². The predicted molar refractivity (Wildman–Crippen MR) is 126 cm³/mol. The number of rotatable bonds is 6. The lowest BCUT2D eigenvalue weighted by molar-refractivity contribution is -0.118. The van der Waals surface area contributed by atoms with Crippen molar-refractivity contribution in [2.24, 2.45) is 0 Å². The van der Waals surface area contributed by atoms with Gasteiger partial charge in [0, 0.05) is 28.3 Å². The van der Waals surface area contributed by atoms with Gasteiger partial charge in [-0.15, -0.1) is 0 Å². The van der Waals surface area contributed by atoms with Gasteiger partial charge in [0.25, 0.3) is 0 Å². The van der Waals surface area contributed by atoms with Crippen molar-refractivity contribution in [1.82, 2.24) is 4.31 Å². The van der Waals surface area contributed by atoms with E-state index >= 15 is 0 Å². The molecule has 31 heavy (non-hydrogen) atoms. The summed E-state index contributed by atoms with van der Waals surface area (Å²) in [5.74, 6) is -0.255. The Kier molecular flexibility index (Phi) is 6.48. The first-order valence-electron chi connectivity index (χ1n) is 9.73. The van der Waals surface area contributed by atoms with Crippen LogP contribution in [-0.2, 0) is 27.8 Å². The highest BCUT2D eigenvalue weighted by atomic mass is 79.9. The van der Waals surface area contributed by atoms with Crippen molar-refractivity contribution < 1.29 is 13.2 Å². The van der Waals surface area contributed by atoms with Crippen LogP contribution >= 0.6 is 27.5 Å². The summed E-state index contributed by atoms with van der Waals surface area (Å²) in [6, 6.07) is 21.0. The van der Waals surface area contributed by atoms with Gasteiger partial charge in [-0.25, -0.2) is 8.42 Å². The number of sulfonamides is 1. The number of hydrogen-bond acceptors (Lipinski definition) is 3. The quantitative estimate of drug-likeness (QED) is 0.466. The minimum Gasteiger partial charge on any atom is -0.311 e. The highest BCUT2D eigenvalue weighted by molar-refractivity contribution is 9.10. The van der Waals surface area contributed by atoms with E-state index in [1.54, 1.807) is 4.90 Å². The Morgan fingerprint density at radius 3 is 2.45 bits per heavy atom. The monoisotopic (exact) mass is 518 g/mol. The third-order valence-corrected chi connectivity index (χ3v) is 7.75. The number of nitrogens with zero attached hydrogens (tertiary/aromatic N) is 2. The normalized spacial score (nSPS) is 13.5. The molecule has 0 atom stereocenters. The summed E-state index contributed by atoms with van der Waals surface area (Å²) in [6.45, 7) is 0.374. The Morgan fingerprint density at radius 1 is 1.03 bits per heavy atom. The average Bonchev–Trinajstić information content (AvgIpc) is 3.17. The molecule has 0 saturated carbocycles. The molecule has 1 aliphatic rings. The summed E-state index contributed by atoms with van der Waals surface area (Å²) in [5.41, 5.74) is 2.70. The summed E-state index contributed by atoms with van der Waals surface area (Å²) in [5, 5.41) is 0.449. The molecule has 0 spiro atoms. The zero-order valence-electron chi connectivity index (χ0n) is 16.5. The molecule has 3 aromatic carbocycles. The second-order valence-electron chi connectivity index (χ2n) is 7.28. The first kappa shape index (κ1) is 22.0. The van der Waals surface area contributed by atoms with Crippen LogP contribution in [0, 0.1) is 0 Å². The van der Waals surface area contributed by atoms with E-state index in [4.69, 9.17) is 11.6 Å². The molecule has 0 N–H and O–H groups in total. The van der Waals surface area contributed by atoms with Crippen molar-refractivity contribution >= 4 is 49.1 Å². The maximum Gasteiger partial charge on any atom is 0.243 e. The molecule has 1 heterocycles. The van der Waals surface area contributed by atoms with Gasteiger partial charge in [-0.05, 0) is 60.0 Å². The molecular formula is C23H20BrClN2O3S. The Hall–Kier alpha value is -2.19. The highest BCUT2D eigenvalue weighted by Crippen LogP contribution is 2.31. The van der Waals surface area contributed by atoms with E-state index < -0.39 is 10.0 Å². The third kappa shape index (κ3) is 4.85. The molecule has 0 aliphatic carbocycles. The van der Waals surface area contributed by atoms with Crippen molar-refractivity contribution in [3.8, 4) is 0 Å². The number of halogens is 2. The molecule has 160 valence electrons. The van der Waals surface area contributed by atoms with E-state index in [0.717, 1.165) is 27.7 Å². The van der Waals surface area contributed by atoms with Crippen LogP contribution in [0.25, 0.3) is 0 Å². The Morgan fingerprint density at radius 2 is 1.74 bits per heavy atom. The average molecular weight is 520 g/mol. The Labute approximate surface area is 195 Å². The van der Waals surface area contributed by atoms with Gasteiger partial charge in [0.1, 0.15) is 0 Å². The fourth-order valence-corrected chi connectivity index (χ4v) is 5.55. The largest absolute Gasteiger partial charge is 0.311 e. The van der Waals surface area contributed by atoms with Crippen LogP contribution in [0.3, 0.4) is 0 Å². The van der Waals surface area contributed by atoms with Crippen LogP contribution < -0.4 is 4.90 Å². The first-order chi connectivity index (χ1) is 14.8. The smallest absolute Gasteiger partial charge is 0.243 e. The zero-order valence-corrected chi connectivity index (χ0v) is 19.7. The number of benzene rings is 3. The number of hydrogen-bond donors (Lipinski definition) is 0. The standard InChI is InChI=1S/C23H20BrClN2O3S/c24-19-6-11-22-18(14-19)12-13-27(22)23(28)16-26(15-17-4-2-1-3-5-17)31(29,30)21-9-7-20(25)8-10-21/h1-11,14H,12-13,15-16H2. The second kappa shape index (κ2) is 9.12. The molecule has 0 bridgehead atoms. The summed E-state index contributed by atoms with van der Waals surface area (Å²) in [4.78, 5) is 15.0. The number of fused-ring (bicyclic) bond motifs is 1. The second-order valence-corrected chi connectivity index (χ2v) is 10.6. The van der Waals surface area contributed by atoms with Crippen molar-refractivity contribution in [2.75, 3.05) is 18.0 Å². The molecule has 1 amide bonds. The van der Waals surface area contributed by atoms with Gasteiger partial charge >= 0.3 is 0 Å². The summed E-state index contributed by atoms with van der Waals surface area (Å²) in [7, 11) is -3.91. The predicted octanol–water partition coefficient (Wildman–Crippen LogP) is 4.88. The molecule has 0 unspecified atom stereocenters. The number of carbonyl (C=O) groups is 1. The van der Waals surface area contributed by atoms with Crippen molar-refractivity contribution in [1.29, 1.82) is 0 Å². The molecular weight excluding hydrogens is 500 g/mol. The van der Waals surface area contributed by atoms with E-state index in [0.29, 0.717) is 11.6 Å². The van der Waals surface area contributed by atoms with Gasteiger partial charge in [-0.1, -0.05) is 57.9 Å². The molecule has 3 aromatic rings. The summed E-state index contributed by atoms with van der Waals surface area (Å²) >= 11 is 9.38. The Balaban J connectivity index is 1.64. The minimum absolute atomic E-state index is 0.0958. The molecule has 8 heteroatoms. The third-order valence-electron chi connectivity index (χ3n) is 5.20. The highest BCUT2D eigenvalue weighted by Gasteiger charge is 2.31. The maximum atomic E-state index is 13.4. The van der Waals surface area contributed by atoms with E-state index in [2.05, 4.69) is 15.9 Å². The van der Waals surface area contributed by atoms with Crippen LogP contribution in [0.1, 0.15) is 11.1 Å². The number of anilines is 1. The van der Waals surface area contributed by atoms with Crippen molar-refractivity contribution in [3.63, 3.8) is 0 Å². The maximum absolute atomic E-state index is 13.4. The van der Waals surface area contributed by atoms with Gasteiger partial charge in [0.2, 0.25) is 15.9 Å². The molecule has 0 radical (unpaired) electrons. The number of amides is 1. The summed E-state index contributed by atoms with van der Waals surface area (Å²) < 4.78 is 29.0. The summed E-state index contributed by atoms with van der Waals surface area (Å²) in [6.07, 6.45) is 0.739. The molecule has 4 rings (SSSR count). The SMILES string of the molecule is O=C(CN(Cc1ccccc1)S(=O)(=O)c1ccc(Cl)cc1)N1CCc2cc(Br)ccc21. The lowest BCUT2D eigenvalue weighted by atomic mass is 10.2. The van der Waals surface area contributed by atoms with E-state index in [-0.39, 0.29) is 23.9 Å². The van der Waals surface area contributed by atoms with Gasteiger partial charge in [-0.2, -0.15) is 4.31 Å². The van der Waals surface area contributed by atoms with Crippen molar-refractivity contribution in [2.45, 2.75) is 17.9 Å². The molecule has 0 aromatic heterocycles. The van der Waals surface area contributed by atoms with Crippen LogP contribution in [0.2, 0.25) is 5.02 Å². The van der Waals surface area contributed by atoms with E-state index in [1.165, 1.54) is 28.6 Å². The van der Waals surface area contributed by atoms with E-state index in [9.17, 15) is 13.2 Å².